The molecule has 2 heterocycles. The molecular weight excluding hydrogens is 274 g/mol. The number of amides is 2. The van der Waals surface area contributed by atoms with Gasteiger partial charge in [0.15, 0.2) is 5.82 Å². The third-order valence-electron chi connectivity index (χ3n) is 3.67. The molecule has 0 bridgehead atoms. The predicted molar refractivity (Wildman–Crippen MR) is 75.8 cm³/mol. The zero-order valence-corrected chi connectivity index (χ0v) is 12.8. The fourth-order valence-electron chi connectivity index (χ4n) is 2.33. The van der Waals surface area contributed by atoms with Crippen molar-refractivity contribution in [1.82, 2.24) is 25.3 Å². The van der Waals surface area contributed by atoms with Crippen LogP contribution in [0.1, 0.15) is 18.1 Å². The second-order valence-electron chi connectivity index (χ2n) is 5.32. The smallest absolute Gasteiger partial charge is 0.317 e. The Hall–Kier alpha value is -1.67. The third kappa shape index (κ3) is 4.40. The van der Waals surface area contributed by atoms with Crippen LogP contribution in [0.2, 0.25) is 0 Å². The van der Waals surface area contributed by atoms with Crippen molar-refractivity contribution in [3.8, 4) is 0 Å². The highest BCUT2D eigenvalue weighted by Gasteiger charge is 2.26. The van der Waals surface area contributed by atoms with Gasteiger partial charge in [0, 0.05) is 33.2 Å². The molecule has 8 heteroatoms. The lowest BCUT2D eigenvalue weighted by atomic mass is 10.2. The summed E-state index contributed by atoms with van der Waals surface area (Å²) in [5.74, 6) is 0.998. The topological polar surface area (TPSA) is 83.7 Å². The van der Waals surface area contributed by atoms with E-state index < -0.39 is 0 Å². The van der Waals surface area contributed by atoms with Crippen LogP contribution >= 0.6 is 0 Å². The van der Waals surface area contributed by atoms with Crippen LogP contribution in [0.4, 0.5) is 4.79 Å². The van der Waals surface area contributed by atoms with Gasteiger partial charge < -0.3 is 24.4 Å². The van der Waals surface area contributed by atoms with Gasteiger partial charge in [0.05, 0.1) is 13.2 Å². The number of urea groups is 1. The number of rotatable bonds is 6. The van der Waals surface area contributed by atoms with E-state index in [9.17, 15) is 4.79 Å². The second-order valence-corrected chi connectivity index (χ2v) is 5.32. The van der Waals surface area contributed by atoms with E-state index in [1.807, 2.05) is 7.05 Å². The van der Waals surface area contributed by atoms with Crippen molar-refractivity contribution in [2.75, 3.05) is 40.9 Å². The zero-order chi connectivity index (χ0) is 15.2. The Labute approximate surface area is 124 Å². The van der Waals surface area contributed by atoms with E-state index in [4.69, 9.17) is 9.26 Å². The Morgan fingerprint density at radius 2 is 2.43 bits per heavy atom. The molecule has 21 heavy (non-hydrogen) atoms. The standard InChI is InChI=1S/C13H23N5O3/c1-17-6-4-10(9-17)18(2)13(19)14-8-12-15-11(16-21-12)5-7-20-3/h10H,4-9H2,1-3H3,(H,14,19). The molecule has 1 atom stereocenters. The number of likely N-dealkylation sites (N-methyl/N-ethyl adjacent to an activating group) is 2. The lowest BCUT2D eigenvalue weighted by molar-refractivity contribution is 0.188. The minimum absolute atomic E-state index is 0.119. The van der Waals surface area contributed by atoms with E-state index in [0.29, 0.717) is 24.7 Å². The number of carbonyl (C=O) groups excluding carboxylic acids is 1. The molecule has 0 aliphatic carbocycles. The van der Waals surface area contributed by atoms with Gasteiger partial charge in [-0.05, 0) is 20.0 Å². The first-order valence-electron chi connectivity index (χ1n) is 7.09. The van der Waals surface area contributed by atoms with Gasteiger partial charge in [-0.2, -0.15) is 4.98 Å². The van der Waals surface area contributed by atoms with E-state index in [2.05, 4.69) is 27.4 Å². The summed E-state index contributed by atoms with van der Waals surface area (Å²) in [6.45, 7) is 2.72. The molecule has 0 saturated carbocycles. The first kappa shape index (κ1) is 15.7. The molecule has 2 rings (SSSR count). The molecule has 1 saturated heterocycles. The number of methoxy groups -OCH3 is 1. The molecule has 1 fully saturated rings. The highest BCUT2D eigenvalue weighted by atomic mass is 16.5. The summed E-state index contributed by atoms with van der Waals surface area (Å²) < 4.78 is 10.0. The van der Waals surface area contributed by atoms with Crippen molar-refractivity contribution >= 4 is 6.03 Å². The molecule has 1 aromatic heterocycles. The van der Waals surface area contributed by atoms with Gasteiger partial charge in [-0.3, -0.25) is 0 Å². The van der Waals surface area contributed by atoms with Crippen LogP contribution < -0.4 is 5.32 Å². The summed E-state index contributed by atoms with van der Waals surface area (Å²) in [4.78, 5) is 20.2. The van der Waals surface area contributed by atoms with Crippen molar-refractivity contribution in [2.45, 2.75) is 25.4 Å². The van der Waals surface area contributed by atoms with Gasteiger partial charge in [0.25, 0.3) is 0 Å². The number of hydrogen-bond acceptors (Lipinski definition) is 6. The van der Waals surface area contributed by atoms with Crippen LogP contribution in [0.15, 0.2) is 4.52 Å². The largest absolute Gasteiger partial charge is 0.384 e. The first-order chi connectivity index (χ1) is 10.1. The zero-order valence-electron chi connectivity index (χ0n) is 12.8. The third-order valence-corrected chi connectivity index (χ3v) is 3.67. The second kappa shape index (κ2) is 7.37. The molecule has 0 spiro atoms. The summed E-state index contributed by atoms with van der Waals surface area (Å²) in [5.41, 5.74) is 0. The molecule has 1 aliphatic rings. The SMILES string of the molecule is COCCc1noc(CNC(=O)N(C)C2CCN(C)C2)n1. The van der Waals surface area contributed by atoms with Crippen LogP contribution in [0, 0.1) is 0 Å². The molecule has 1 N–H and O–H groups in total. The summed E-state index contributed by atoms with van der Waals surface area (Å²) in [6, 6.07) is 0.141. The molecule has 1 aliphatic heterocycles. The number of carbonyl (C=O) groups is 1. The fourth-order valence-corrected chi connectivity index (χ4v) is 2.33. The van der Waals surface area contributed by atoms with Gasteiger partial charge in [0.1, 0.15) is 0 Å². The van der Waals surface area contributed by atoms with Crippen LogP contribution in [-0.2, 0) is 17.7 Å². The molecule has 0 aromatic carbocycles. The number of nitrogens with one attached hydrogen (secondary N) is 1. The van der Waals surface area contributed by atoms with Crippen molar-refractivity contribution in [3.05, 3.63) is 11.7 Å². The predicted octanol–water partition coefficient (Wildman–Crippen LogP) is 0.104. The number of aromatic nitrogens is 2. The lowest BCUT2D eigenvalue weighted by Gasteiger charge is -2.24. The summed E-state index contributed by atoms with van der Waals surface area (Å²) in [7, 11) is 5.50. The number of likely N-dealkylation sites (tertiary alicyclic amines) is 1. The number of hydrogen-bond donors (Lipinski definition) is 1. The Morgan fingerprint density at radius 1 is 1.62 bits per heavy atom. The molecule has 8 nitrogen and oxygen atoms in total. The maximum Gasteiger partial charge on any atom is 0.317 e. The maximum absolute atomic E-state index is 12.1. The highest BCUT2D eigenvalue weighted by molar-refractivity contribution is 5.74. The fraction of sp³-hybridized carbons (Fsp3) is 0.769. The highest BCUT2D eigenvalue weighted by Crippen LogP contribution is 2.12. The van der Waals surface area contributed by atoms with Crippen molar-refractivity contribution in [1.29, 1.82) is 0 Å². The van der Waals surface area contributed by atoms with Crippen molar-refractivity contribution in [2.24, 2.45) is 0 Å². The number of ether oxygens (including phenoxy) is 1. The lowest BCUT2D eigenvalue weighted by Crippen LogP contribution is -2.44. The van der Waals surface area contributed by atoms with Gasteiger partial charge in [0.2, 0.25) is 5.89 Å². The molecule has 1 unspecified atom stereocenters. The quantitative estimate of drug-likeness (QED) is 0.802. The van der Waals surface area contributed by atoms with Gasteiger partial charge >= 0.3 is 6.03 Å². The molecule has 2 amide bonds. The Balaban J connectivity index is 1.76. The van der Waals surface area contributed by atoms with E-state index in [0.717, 1.165) is 19.5 Å². The first-order valence-corrected chi connectivity index (χ1v) is 7.09. The number of nitrogens with zero attached hydrogens (tertiary/aromatic N) is 4. The van der Waals surface area contributed by atoms with E-state index in [1.54, 1.807) is 12.0 Å². The van der Waals surface area contributed by atoms with Crippen LogP contribution in [0.5, 0.6) is 0 Å². The Kier molecular flexibility index (Phi) is 5.51. The minimum atomic E-state index is -0.119. The summed E-state index contributed by atoms with van der Waals surface area (Å²) >= 11 is 0. The van der Waals surface area contributed by atoms with Crippen LogP contribution in [-0.4, -0.2) is 72.9 Å². The molecule has 0 radical (unpaired) electrons. The summed E-state index contributed by atoms with van der Waals surface area (Å²) in [6.07, 6.45) is 1.60. The van der Waals surface area contributed by atoms with Crippen molar-refractivity contribution in [3.63, 3.8) is 0 Å². The average molecular weight is 297 g/mol. The Morgan fingerprint density at radius 3 is 3.10 bits per heavy atom. The van der Waals surface area contributed by atoms with E-state index >= 15 is 0 Å². The molecule has 1 aromatic rings. The van der Waals surface area contributed by atoms with Gasteiger partial charge in [-0.25, -0.2) is 4.79 Å². The van der Waals surface area contributed by atoms with Crippen molar-refractivity contribution < 1.29 is 14.1 Å². The normalized spacial score (nSPS) is 18.9. The van der Waals surface area contributed by atoms with Crippen LogP contribution in [0.25, 0.3) is 0 Å². The van der Waals surface area contributed by atoms with Gasteiger partial charge in [-0.1, -0.05) is 5.16 Å². The molecular formula is C13H23N5O3. The van der Waals surface area contributed by atoms with E-state index in [-0.39, 0.29) is 18.6 Å². The summed E-state index contributed by atoms with van der Waals surface area (Å²) in [5, 5.41) is 6.63. The van der Waals surface area contributed by atoms with Crippen LogP contribution in [0.3, 0.4) is 0 Å². The van der Waals surface area contributed by atoms with E-state index in [1.165, 1.54) is 0 Å². The monoisotopic (exact) mass is 297 g/mol. The minimum Gasteiger partial charge on any atom is -0.384 e. The maximum atomic E-state index is 12.1. The van der Waals surface area contributed by atoms with Gasteiger partial charge in [-0.15, -0.1) is 0 Å². The Bertz CT molecular complexity index is 464. The molecule has 118 valence electrons. The average Bonchev–Trinajstić information content (AvgIpc) is 3.10.